The number of amides is 1. The van der Waals surface area contributed by atoms with E-state index in [9.17, 15) is 9.59 Å². The van der Waals surface area contributed by atoms with Gasteiger partial charge in [0.05, 0.1) is 11.0 Å². The molecule has 0 saturated carbocycles. The third-order valence-corrected chi connectivity index (χ3v) is 3.41. The fourth-order valence-electron chi connectivity index (χ4n) is 0.901. The zero-order valence-electron chi connectivity index (χ0n) is 9.01. The molecule has 17 heavy (non-hydrogen) atoms. The van der Waals surface area contributed by atoms with Crippen LogP contribution in [0.15, 0.2) is 22.8 Å². The molecule has 0 radical (unpaired) electrons. The Hall–Kier alpha value is -1.08. The molecule has 7 heteroatoms. The van der Waals surface area contributed by atoms with E-state index in [0.717, 1.165) is 16.2 Å². The van der Waals surface area contributed by atoms with Crippen molar-refractivity contribution in [3.8, 4) is 0 Å². The number of pyridine rings is 1. The number of nitrogens with one attached hydrogen (secondary N) is 1. The summed E-state index contributed by atoms with van der Waals surface area (Å²) in [6, 6.07) is 3.42. The Kier molecular flexibility index (Phi) is 5.43. The van der Waals surface area contributed by atoms with Crippen LogP contribution < -0.4 is 5.32 Å². The van der Waals surface area contributed by atoms with Gasteiger partial charge in [-0.05, 0) is 35.0 Å². The lowest BCUT2D eigenvalue weighted by Crippen LogP contribution is -2.19. The van der Waals surface area contributed by atoms with E-state index < -0.39 is 11.2 Å². The molecule has 1 unspecified atom stereocenters. The van der Waals surface area contributed by atoms with Gasteiger partial charge in [-0.25, -0.2) is 4.98 Å². The molecule has 0 aliphatic rings. The Balaban J connectivity index is 2.39. The normalized spacial score (nSPS) is 11.9. The van der Waals surface area contributed by atoms with E-state index in [2.05, 4.69) is 26.2 Å². The van der Waals surface area contributed by atoms with Crippen molar-refractivity contribution >= 4 is 45.4 Å². The standard InChI is InChI=1S/C10H11BrN2O3S/c1-6(10(15)16)17-5-9(14)13-8-3-2-7(11)4-12-8/h2-4,6H,5H2,1H3,(H,15,16)(H,12,13,14). The number of nitrogens with zero attached hydrogens (tertiary/aromatic N) is 1. The van der Waals surface area contributed by atoms with Crippen LogP contribution in [0, 0.1) is 0 Å². The molecule has 0 aromatic carbocycles. The second-order valence-corrected chi connectivity index (χ2v) is 5.45. The van der Waals surface area contributed by atoms with E-state index in [4.69, 9.17) is 5.11 Å². The molecule has 0 saturated heterocycles. The third kappa shape index (κ3) is 5.18. The molecule has 1 rings (SSSR count). The highest BCUT2D eigenvalue weighted by Gasteiger charge is 2.13. The summed E-state index contributed by atoms with van der Waals surface area (Å²) in [5.74, 6) is -0.658. The van der Waals surface area contributed by atoms with E-state index in [1.54, 1.807) is 18.3 Å². The Morgan fingerprint density at radius 2 is 2.29 bits per heavy atom. The summed E-state index contributed by atoms with van der Waals surface area (Å²) in [6.45, 7) is 1.54. The predicted octanol–water partition coefficient (Wildman–Crippen LogP) is 1.99. The molecule has 0 fully saturated rings. The van der Waals surface area contributed by atoms with Crippen LogP contribution in [0.5, 0.6) is 0 Å². The summed E-state index contributed by atoms with van der Waals surface area (Å²) in [7, 11) is 0. The number of anilines is 1. The van der Waals surface area contributed by atoms with E-state index in [1.807, 2.05) is 0 Å². The molecule has 1 atom stereocenters. The van der Waals surface area contributed by atoms with Gasteiger partial charge in [0.2, 0.25) is 5.91 Å². The SMILES string of the molecule is CC(SCC(=O)Nc1ccc(Br)cn1)C(=O)O. The number of rotatable bonds is 5. The Bertz CT molecular complexity index is 411. The van der Waals surface area contributed by atoms with Gasteiger partial charge >= 0.3 is 5.97 Å². The van der Waals surface area contributed by atoms with Crippen molar-refractivity contribution in [1.82, 2.24) is 4.98 Å². The molecule has 92 valence electrons. The minimum atomic E-state index is -0.926. The second-order valence-electron chi connectivity index (χ2n) is 3.20. The number of aromatic nitrogens is 1. The highest BCUT2D eigenvalue weighted by atomic mass is 79.9. The number of thioether (sulfide) groups is 1. The van der Waals surface area contributed by atoms with Gasteiger partial charge in [0.1, 0.15) is 5.82 Å². The van der Waals surface area contributed by atoms with Gasteiger partial charge in [-0.2, -0.15) is 0 Å². The zero-order valence-corrected chi connectivity index (χ0v) is 11.4. The first-order valence-electron chi connectivity index (χ1n) is 4.75. The van der Waals surface area contributed by atoms with Crippen LogP contribution in [-0.4, -0.2) is 33.0 Å². The molecule has 0 spiro atoms. The summed E-state index contributed by atoms with van der Waals surface area (Å²) in [5, 5.41) is 10.6. The van der Waals surface area contributed by atoms with Crippen molar-refractivity contribution in [3.63, 3.8) is 0 Å². The molecule has 1 amide bonds. The first-order valence-corrected chi connectivity index (χ1v) is 6.59. The van der Waals surface area contributed by atoms with E-state index >= 15 is 0 Å². The van der Waals surface area contributed by atoms with Gasteiger partial charge in [-0.1, -0.05) is 0 Å². The van der Waals surface area contributed by atoms with E-state index in [0.29, 0.717) is 5.82 Å². The summed E-state index contributed by atoms with van der Waals surface area (Å²) in [5.41, 5.74) is 0. The largest absolute Gasteiger partial charge is 0.480 e. The number of carbonyl (C=O) groups is 2. The minimum Gasteiger partial charge on any atom is -0.480 e. The summed E-state index contributed by atoms with van der Waals surface area (Å²) >= 11 is 4.30. The molecule has 1 aromatic rings. The highest BCUT2D eigenvalue weighted by molar-refractivity contribution is 9.10. The van der Waals surface area contributed by atoms with Gasteiger partial charge < -0.3 is 10.4 Å². The van der Waals surface area contributed by atoms with Gasteiger partial charge in [-0.3, -0.25) is 9.59 Å². The van der Waals surface area contributed by atoms with Crippen LogP contribution in [0.2, 0.25) is 0 Å². The lowest BCUT2D eigenvalue weighted by molar-refractivity contribution is -0.136. The maximum Gasteiger partial charge on any atom is 0.316 e. The second kappa shape index (κ2) is 6.61. The molecule has 1 heterocycles. The van der Waals surface area contributed by atoms with Gasteiger partial charge in [0, 0.05) is 10.7 Å². The summed E-state index contributed by atoms with van der Waals surface area (Å²) < 4.78 is 0.823. The van der Waals surface area contributed by atoms with Crippen molar-refractivity contribution < 1.29 is 14.7 Å². The lowest BCUT2D eigenvalue weighted by Gasteiger charge is -2.06. The Morgan fingerprint density at radius 1 is 1.59 bits per heavy atom. The first kappa shape index (κ1) is 14.0. The Labute approximate surface area is 111 Å². The highest BCUT2D eigenvalue weighted by Crippen LogP contribution is 2.13. The topological polar surface area (TPSA) is 79.3 Å². The van der Waals surface area contributed by atoms with Crippen LogP contribution in [0.3, 0.4) is 0 Å². The lowest BCUT2D eigenvalue weighted by atomic mass is 10.4. The maximum atomic E-state index is 11.4. The average molecular weight is 319 g/mol. The number of carbonyl (C=O) groups excluding carboxylic acids is 1. The van der Waals surface area contributed by atoms with Crippen LogP contribution in [0.25, 0.3) is 0 Å². The number of halogens is 1. The zero-order chi connectivity index (χ0) is 12.8. The van der Waals surface area contributed by atoms with Crippen LogP contribution in [0.1, 0.15) is 6.92 Å². The average Bonchev–Trinajstić information content (AvgIpc) is 2.29. The van der Waals surface area contributed by atoms with Crippen molar-refractivity contribution in [2.24, 2.45) is 0 Å². The predicted molar refractivity (Wildman–Crippen MR) is 70.1 cm³/mol. The molecular formula is C10H11BrN2O3S. The minimum absolute atomic E-state index is 0.0885. The quantitative estimate of drug-likeness (QED) is 0.868. The number of carboxylic acid groups (broad SMARTS) is 1. The number of hydrogen-bond donors (Lipinski definition) is 2. The van der Waals surface area contributed by atoms with Crippen molar-refractivity contribution in [2.75, 3.05) is 11.1 Å². The van der Waals surface area contributed by atoms with E-state index in [-0.39, 0.29) is 11.7 Å². The molecule has 0 aliphatic carbocycles. The number of hydrogen-bond acceptors (Lipinski definition) is 4. The number of aliphatic carboxylic acids is 1. The summed E-state index contributed by atoms with van der Waals surface area (Å²) in [4.78, 5) is 26.0. The van der Waals surface area contributed by atoms with Crippen LogP contribution in [0.4, 0.5) is 5.82 Å². The first-order chi connectivity index (χ1) is 7.99. The summed E-state index contributed by atoms with van der Waals surface area (Å²) in [6.07, 6.45) is 1.57. The molecule has 1 aromatic heterocycles. The molecular weight excluding hydrogens is 308 g/mol. The third-order valence-electron chi connectivity index (χ3n) is 1.81. The molecule has 2 N–H and O–H groups in total. The fourth-order valence-corrected chi connectivity index (χ4v) is 1.75. The van der Waals surface area contributed by atoms with E-state index in [1.165, 1.54) is 6.92 Å². The van der Waals surface area contributed by atoms with Gasteiger partial charge in [0.25, 0.3) is 0 Å². The number of carboxylic acids is 1. The van der Waals surface area contributed by atoms with Crippen LogP contribution >= 0.6 is 27.7 Å². The van der Waals surface area contributed by atoms with Gasteiger partial charge in [-0.15, -0.1) is 11.8 Å². The van der Waals surface area contributed by atoms with Crippen LogP contribution in [-0.2, 0) is 9.59 Å². The molecule has 5 nitrogen and oxygen atoms in total. The monoisotopic (exact) mass is 318 g/mol. The molecule has 0 aliphatic heterocycles. The maximum absolute atomic E-state index is 11.4. The molecule has 0 bridgehead atoms. The Morgan fingerprint density at radius 3 is 2.82 bits per heavy atom. The fraction of sp³-hybridized carbons (Fsp3) is 0.300. The van der Waals surface area contributed by atoms with Crippen molar-refractivity contribution in [1.29, 1.82) is 0 Å². The van der Waals surface area contributed by atoms with Crippen molar-refractivity contribution in [2.45, 2.75) is 12.2 Å². The van der Waals surface area contributed by atoms with Crippen molar-refractivity contribution in [3.05, 3.63) is 22.8 Å². The van der Waals surface area contributed by atoms with Gasteiger partial charge in [0.15, 0.2) is 0 Å². The smallest absolute Gasteiger partial charge is 0.316 e.